The van der Waals surface area contributed by atoms with Gasteiger partial charge in [0.2, 0.25) is 0 Å². The van der Waals surface area contributed by atoms with E-state index in [4.69, 9.17) is 11.6 Å². The molecule has 5 heteroatoms. The maximum Gasteiger partial charge on any atom is 0.139 e. The van der Waals surface area contributed by atoms with Crippen LogP contribution in [0.2, 0.25) is 0 Å². The number of halogens is 3. The van der Waals surface area contributed by atoms with Gasteiger partial charge in [0.1, 0.15) is 11.6 Å². The highest BCUT2D eigenvalue weighted by molar-refractivity contribution is 9.10. The Morgan fingerprint density at radius 2 is 2.05 bits per heavy atom. The third-order valence-electron chi connectivity index (χ3n) is 3.80. The molecular formula is C15H19BrClFN2. The summed E-state index contributed by atoms with van der Waals surface area (Å²) in [6.45, 7) is 7.51. The first-order chi connectivity index (χ1) is 9.43. The average molecular weight is 362 g/mol. The molecule has 0 aliphatic rings. The number of aromatic nitrogens is 2. The molecule has 0 amide bonds. The smallest absolute Gasteiger partial charge is 0.139 e. The fourth-order valence-electron chi connectivity index (χ4n) is 2.15. The van der Waals surface area contributed by atoms with E-state index in [1.54, 1.807) is 0 Å². The van der Waals surface area contributed by atoms with Crippen molar-refractivity contribution < 1.29 is 4.39 Å². The maximum absolute atomic E-state index is 13.6. The molecule has 0 fully saturated rings. The van der Waals surface area contributed by atoms with Gasteiger partial charge in [-0.1, -0.05) is 20.8 Å². The number of nitrogens with zero attached hydrogens (tertiary/aromatic N) is 2. The molecule has 0 spiro atoms. The summed E-state index contributed by atoms with van der Waals surface area (Å²) in [5.41, 5.74) is 1.66. The van der Waals surface area contributed by atoms with Crippen molar-refractivity contribution in [3.05, 3.63) is 28.2 Å². The standard InChI is InChI=1S/C15H19BrClFN2/c1-9(2)10(3)8-20-14-6-11(16)12(18)7-13(14)19-15(20)4-5-17/h6-7,9-10H,4-5,8H2,1-3H3. The van der Waals surface area contributed by atoms with Gasteiger partial charge in [-0.2, -0.15) is 0 Å². The van der Waals surface area contributed by atoms with Crippen LogP contribution in [0.15, 0.2) is 16.6 Å². The van der Waals surface area contributed by atoms with Crippen molar-refractivity contribution in [2.75, 3.05) is 5.88 Å². The Morgan fingerprint density at radius 1 is 1.35 bits per heavy atom. The molecule has 1 aromatic carbocycles. The zero-order valence-electron chi connectivity index (χ0n) is 12.0. The van der Waals surface area contributed by atoms with Gasteiger partial charge in [-0.3, -0.25) is 0 Å². The molecule has 0 saturated heterocycles. The van der Waals surface area contributed by atoms with Crippen LogP contribution in [0.25, 0.3) is 11.0 Å². The van der Waals surface area contributed by atoms with Crippen LogP contribution in [0.3, 0.4) is 0 Å². The fraction of sp³-hybridized carbons (Fsp3) is 0.533. The van der Waals surface area contributed by atoms with Gasteiger partial charge in [0, 0.05) is 24.9 Å². The highest BCUT2D eigenvalue weighted by Gasteiger charge is 2.16. The minimum atomic E-state index is -0.281. The summed E-state index contributed by atoms with van der Waals surface area (Å²) in [5.74, 6) is 2.27. The summed E-state index contributed by atoms with van der Waals surface area (Å²) in [4.78, 5) is 4.53. The zero-order valence-corrected chi connectivity index (χ0v) is 14.3. The van der Waals surface area contributed by atoms with Crippen molar-refractivity contribution in [3.63, 3.8) is 0 Å². The minimum absolute atomic E-state index is 0.281. The monoisotopic (exact) mass is 360 g/mol. The van der Waals surface area contributed by atoms with E-state index in [2.05, 4.69) is 46.3 Å². The van der Waals surface area contributed by atoms with E-state index >= 15 is 0 Å². The predicted octanol–water partition coefficient (Wildman–Crippen LogP) is 5.01. The Balaban J connectivity index is 2.52. The fourth-order valence-corrected chi connectivity index (χ4v) is 2.65. The molecule has 2 aromatic rings. The quantitative estimate of drug-likeness (QED) is 0.684. The Hall–Kier alpha value is -0.610. The third-order valence-corrected chi connectivity index (χ3v) is 4.59. The summed E-state index contributed by atoms with van der Waals surface area (Å²) in [6.07, 6.45) is 0.695. The number of benzene rings is 1. The molecular weight excluding hydrogens is 343 g/mol. The van der Waals surface area contributed by atoms with Gasteiger partial charge in [0.15, 0.2) is 0 Å². The maximum atomic E-state index is 13.6. The molecule has 0 saturated carbocycles. The van der Waals surface area contributed by atoms with Gasteiger partial charge < -0.3 is 4.57 Å². The molecule has 0 aliphatic carbocycles. The van der Waals surface area contributed by atoms with Crippen LogP contribution < -0.4 is 0 Å². The van der Waals surface area contributed by atoms with E-state index in [0.717, 1.165) is 17.9 Å². The van der Waals surface area contributed by atoms with Crippen molar-refractivity contribution in [3.8, 4) is 0 Å². The number of fused-ring (bicyclic) bond motifs is 1. The van der Waals surface area contributed by atoms with E-state index in [-0.39, 0.29) is 5.82 Å². The number of rotatable bonds is 5. The molecule has 1 unspecified atom stereocenters. The van der Waals surface area contributed by atoms with Gasteiger partial charge in [0.25, 0.3) is 0 Å². The Labute approximate surface area is 132 Å². The van der Waals surface area contributed by atoms with Crippen LogP contribution in [0.4, 0.5) is 4.39 Å². The molecule has 110 valence electrons. The van der Waals surface area contributed by atoms with Crippen LogP contribution in [0.5, 0.6) is 0 Å². The highest BCUT2D eigenvalue weighted by atomic mass is 79.9. The number of imidazole rings is 1. The van der Waals surface area contributed by atoms with Gasteiger partial charge in [-0.15, -0.1) is 11.6 Å². The van der Waals surface area contributed by atoms with Gasteiger partial charge in [-0.25, -0.2) is 9.37 Å². The minimum Gasteiger partial charge on any atom is -0.328 e. The number of aryl methyl sites for hydroxylation is 1. The van der Waals surface area contributed by atoms with Crippen molar-refractivity contribution in [1.29, 1.82) is 0 Å². The van der Waals surface area contributed by atoms with E-state index < -0.39 is 0 Å². The molecule has 0 radical (unpaired) electrons. The lowest BCUT2D eigenvalue weighted by molar-refractivity contribution is 0.364. The highest BCUT2D eigenvalue weighted by Crippen LogP contribution is 2.26. The molecule has 20 heavy (non-hydrogen) atoms. The van der Waals surface area contributed by atoms with Crippen LogP contribution in [-0.4, -0.2) is 15.4 Å². The van der Waals surface area contributed by atoms with Crippen LogP contribution in [0, 0.1) is 17.7 Å². The number of alkyl halides is 1. The topological polar surface area (TPSA) is 17.8 Å². The van der Waals surface area contributed by atoms with E-state index in [0.29, 0.717) is 34.1 Å². The third kappa shape index (κ3) is 3.17. The summed E-state index contributed by atoms with van der Waals surface area (Å²) >= 11 is 9.11. The summed E-state index contributed by atoms with van der Waals surface area (Å²) in [5, 5.41) is 0. The first-order valence-electron chi connectivity index (χ1n) is 6.84. The molecule has 0 N–H and O–H groups in total. The van der Waals surface area contributed by atoms with Crippen molar-refractivity contribution in [2.45, 2.75) is 33.7 Å². The van der Waals surface area contributed by atoms with Gasteiger partial charge in [0.05, 0.1) is 15.5 Å². The summed E-state index contributed by atoms with van der Waals surface area (Å²) in [6, 6.07) is 3.29. The largest absolute Gasteiger partial charge is 0.328 e. The van der Waals surface area contributed by atoms with Crippen LogP contribution in [-0.2, 0) is 13.0 Å². The molecule has 1 atom stereocenters. The second-order valence-electron chi connectivity index (χ2n) is 5.55. The summed E-state index contributed by atoms with van der Waals surface area (Å²) in [7, 11) is 0. The predicted molar refractivity (Wildman–Crippen MR) is 85.8 cm³/mol. The first kappa shape index (κ1) is 15.8. The number of hydrogen-bond acceptors (Lipinski definition) is 1. The Kier molecular flexibility index (Phi) is 5.08. The zero-order chi connectivity index (χ0) is 14.9. The van der Waals surface area contributed by atoms with E-state index in [1.165, 1.54) is 6.07 Å². The van der Waals surface area contributed by atoms with Crippen LogP contribution >= 0.6 is 27.5 Å². The second kappa shape index (κ2) is 6.44. The molecule has 1 aromatic heterocycles. The van der Waals surface area contributed by atoms with Gasteiger partial charge >= 0.3 is 0 Å². The Morgan fingerprint density at radius 3 is 2.65 bits per heavy atom. The van der Waals surface area contributed by atoms with Crippen LogP contribution in [0.1, 0.15) is 26.6 Å². The summed E-state index contributed by atoms with van der Waals surface area (Å²) < 4.78 is 16.3. The van der Waals surface area contributed by atoms with Gasteiger partial charge in [-0.05, 0) is 33.8 Å². The van der Waals surface area contributed by atoms with E-state index in [9.17, 15) is 4.39 Å². The Bertz CT molecular complexity index is 609. The van der Waals surface area contributed by atoms with Crippen molar-refractivity contribution in [1.82, 2.24) is 9.55 Å². The lowest BCUT2D eigenvalue weighted by Gasteiger charge is -2.18. The lowest BCUT2D eigenvalue weighted by Crippen LogP contribution is -2.15. The second-order valence-corrected chi connectivity index (χ2v) is 6.79. The normalized spacial score (nSPS) is 13.3. The van der Waals surface area contributed by atoms with Crippen molar-refractivity contribution in [2.24, 2.45) is 11.8 Å². The average Bonchev–Trinajstić information content (AvgIpc) is 2.68. The van der Waals surface area contributed by atoms with E-state index in [1.807, 2.05) is 6.07 Å². The first-order valence-corrected chi connectivity index (χ1v) is 8.17. The van der Waals surface area contributed by atoms with Crippen molar-refractivity contribution >= 4 is 38.6 Å². The lowest BCUT2D eigenvalue weighted by atomic mass is 9.98. The SMILES string of the molecule is CC(C)C(C)Cn1c(CCCl)nc2cc(F)c(Br)cc21. The molecule has 0 aliphatic heterocycles. The molecule has 0 bridgehead atoms. The molecule has 2 nitrogen and oxygen atoms in total. The number of hydrogen-bond donors (Lipinski definition) is 0. The molecule has 1 heterocycles. The molecule has 2 rings (SSSR count).